The molecule has 0 radical (unpaired) electrons. The molecule has 0 aliphatic heterocycles. The topological polar surface area (TPSA) is 99.4 Å². The van der Waals surface area contributed by atoms with E-state index in [1.54, 1.807) is 11.3 Å². The van der Waals surface area contributed by atoms with Crippen molar-refractivity contribution in [3.8, 4) is 0 Å². The average Bonchev–Trinajstić information content (AvgIpc) is 3.36. The Morgan fingerprint density at radius 2 is 2.03 bits per heavy atom. The second kappa shape index (κ2) is 13.8. The summed E-state index contributed by atoms with van der Waals surface area (Å²) in [6, 6.07) is 4.18. The number of hydrogen-bond acceptors (Lipinski definition) is 7. The molecule has 170 valence electrons. The highest BCUT2D eigenvalue weighted by Gasteiger charge is 2.39. The van der Waals surface area contributed by atoms with Crippen molar-refractivity contribution < 1.29 is 25.0 Å². The number of aryl methyl sites for hydroxylation is 1. The van der Waals surface area contributed by atoms with Crippen molar-refractivity contribution in [1.29, 1.82) is 0 Å². The predicted molar refractivity (Wildman–Crippen MR) is 119 cm³/mol. The van der Waals surface area contributed by atoms with Crippen molar-refractivity contribution in [2.24, 2.45) is 17.0 Å². The molecule has 0 aromatic carbocycles. The van der Waals surface area contributed by atoms with E-state index >= 15 is 0 Å². The number of aliphatic hydroxyl groups is 2. The zero-order chi connectivity index (χ0) is 21.8. The standard InChI is InChI=1S/C23H37NO5S/c1-29-23(27)12-5-3-2-4-11-20-19(21(24-28)16-22(20)26)14-13-17(25)8-6-9-18-10-7-15-30-18/h7,10,15,17,19-20,22,25-26,28H,2-6,8-9,11-14,16H2,1H3/b24-21+. The number of hydrogen-bond donors (Lipinski definition) is 3. The summed E-state index contributed by atoms with van der Waals surface area (Å²) in [6.07, 6.45) is 8.81. The molecular formula is C23H37NO5S. The zero-order valence-corrected chi connectivity index (χ0v) is 18.9. The van der Waals surface area contributed by atoms with Crippen LogP contribution in [0.1, 0.15) is 75.5 Å². The Morgan fingerprint density at radius 3 is 2.73 bits per heavy atom. The van der Waals surface area contributed by atoms with Crippen molar-refractivity contribution in [3.63, 3.8) is 0 Å². The first-order valence-electron chi connectivity index (χ1n) is 11.2. The molecule has 30 heavy (non-hydrogen) atoms. The van der Waals surface area contributed by atoms with Gasteiger partial charge in [-0.25, -0.2) is 0 Å². The second-order valence-corrected chi connectivity index (χ2v) is 9.40. The van der Waals surface area contributed by atoms with Crippen molar-refractivity contribution >= 4 is 23.0 Å². The molecule has 3 N–H and O–H groups in total. The second-order valence-electron chi connectivity index (χ2n) is 8.36. The van der Waals surface area contributed by atoms with Crippen LogP contribution in [-0.2, 0) is 16.0 Å². The van der Waals surface area contributed by atoms with Gasteiger partial charge in [0.05, 0.1) is 25.0 Å². The van der Waals surface area contributed by atoms with E-state index in [1.165, 1.54) is 12.0 Å². The van der Waals surface area contributed by atoms with E-state index in [9.17, 15) is 20.2 Å². The van der Waals surface area contributed by atoms with Crippen molar-refractivity contribution in [1.82, 2.24) is 0 Å². The van der Waals surface area contributed by atoms with E-state index in [2.05, 4.69) is 27.4 Å². The van der Waals surface area contributed by atoms with Gasteiger partial charge >= 0.3 is 5.97 Å². The lowest BCUT2D eigenvalue weighted by atomic mass is 9.84. The van der Waals surface area contributed by atoms with Gasteiger partial charge in [0.1, 0.15) is 0 Å². The van der Waals surface area contributed by atoms with Crippen LogP contribution in [0, 0.1) is 11.8 Å². The normalized spacial score (nSPS) is 23.7. The number of unbranched alkanes of at least 4 members (excludes halogenated alkanes) is 3. The number of thiophene rings is 1. The number of carbonyl (C=O) groups is 1. The summed E-state index contributed by atoms with van der Waals surface area (Å²) in [4.78, 5) is 12.5. The highest BCUT2D eigenvalue weighted by atomic mass is 32.1. The summed E-state index contributed by atoms with van der Waals surface area (Å²) >= 11 is 1.75. The van der Waals surface area contributed by atoms with E-state index in [0.29, 0.717) is 25.0 Å². The number of methoxy groups -OCH3 is 1. The summed E-state index contributed by atoms with van der Waals surface area (Å²) < 4.78 is 4.65. The summed E-state index contributed by atoms with van der Waals surface area (Å²) in [5, 5.41) is 35.8. The van der Waals surface area contributed by atoms with Crippen LogP contribution < -0.4 is 0 Å². The van der Waals surface area contributed by atoms with E-state index < -0.39 is 6.10 Å². The van der Waals surface area contributed by atoms with Crippen molar-refractivity contribution in [3.05, 3.63) is 22.4 Å². The van der Waals surface area contributed by atoms with Crippen LogP contribution in [-0.4, -0.2) is 46.4 Å². The third-order valence-corrected chi connectivity index (χ3v) is 7.17. The number of oxime groups is 1. The van der Waals surface area contributed by atoms with Crippen LogP contribution in [0.5, 0.6) is 0 Å². The smallest absolute Gasteiger partial charge is 0.305 e. The van der Waals surface area contributed by atoms with Gasteiger partial charge < -0.3 is 20.2 Å². The number of rotatable bonds is 14. The fourth-order valence-corrected chi connectivity index (χ4v) is 5.26. The summed E-state index contributed by atoms with van der Waals surface area (Å²) in [5.74, 6) is -0.0548. The molecule has 4 atom stereocenters. The van der Waals surface area contributed by atoms with Crippen LogP contribution in [0.3, 0.4) is 0 Å². The maximum absolute atomic E-state index is 11.1. The lowest BCUT2D eigenvalue weighted by Gasteiger charge is -2.23. The minimum absolute atomic E-state index is 0.0343. The summed E-state index contributed by atoms with van der Waals surface area (Å²) in [6.45, 7) is 0. The van der Waals surface area contributed by atoms with Crippen LogP contribution in [0.15, 0.2) is 22.7 Å². The molecule has 4 unspecified atom stereocenters. The molecule has 1 fully saturated rings. The molecule has 1 aliphatic rings. The fourth-order valence-electron chi connectivity index (χ4n) is 4.51. The van der Waals surface area contributed by atoms with Gasteiger partial charge in [-0.15, -0.1) is 11.3 Å². The molecule has 0 saturated heterocycles. The Labute approximate surface area is 184 Å². The van der Waals surface area contributed by atoms with E-state index in [-0.39, 0.29) is 23.9 Å². The molecule has 0 spiro atoms. The van der Waals surface area contributed by atoms with Gasteiger partial charge in [-0.3, -0.25) is 4.79 Å². The van der Waals surface area contributed by atoms with Gasteiger partial charge in [0.25, 0.3) is 0 Å². The molecular weight excluding hydrogens is 402 g/mol. The first-order valence-corrected chi connectivity index (χ1v) is 12.1. The van der Waals surface area contributed by atoms with Crippen LogP contribution in [0.4, 0.5) is 0 Å². The first-order chi connectivity index (χ1) is 14.5. The third-order valence-electron chi connectivity index (χ3n) is 6.23. The summed E-state index contributed by atoms with van der Waals surface area (Å²) in [7, 11) is 1.41. The molecule has 1 heterocycles. The summed E-state index contributed by atoms with van der Waals surface area (Å²) in [5.41, 5.74) is 0.670. The van der Waals surface area contributed by atoms with E-state index in [4.69, 9.17) is 0 Å². The number of nitrogens with zero attached hydrogens (tertiary/aromatic N) is 1. The Balaban J connectivity index is 1.70. The van der Waals surface area contributed by atoms with Crippen molar-refractivity contribution in [2.75, 3.05) is 7.11 Å². The van der Waals surface area contributed by atoms with Gasteiger partial charge in [-0.05, 0) is 62.3 Å². The highest BCUT2D eigenvalue weighted by Crippen LogP contribution is 2.37. The molecule has 1 aromatic heterocycles. The third kappa shape index (κ3) is 8.36. The monoisotopic (exact) mass is 439 g/mol. The lowest BCUT2D eigenvalue weighted by Crippen LogP contribution is -2.22. The predicted octanol–water partition coefficient (Wildman–Crippen LogP) is 4.55. The first kappa shape index (κ1) is 24.8. The van der Waals surface area contributed by atoms with Gasteiger partial charge in [-0.1, -0.05) is 30.5 Å². The molecule has 1 aromatic rings. The average molecular weight is 440 g/mol. The molecule has 1 aliphatic carbocycles. The lowest BCUT2D eigenvalue weighted by molar-refractivity contribution is -0.140. The van der Waals surface area contributed by atoms with Gasteiger partial charge in [0.2, 0.25) is 0 Å². The minimum Gasteiger partial charge on any atom is -0.469 e. The Hall–Kier alpha value is -1.44. The maximum atomic E-state index is 11.1. The highest BCUT2D eigenvalue weighted by molar-refractivity contribution is 7.09. The van der Waals surface area contributed by atoms with E-state index in [0.717, 1.165) is 57.8 Å². The number of aliphatic hydroxyl groups excluding tert-OH is 2. The van der Waals surface area contributed by atoms with Gasteiger partial charge in [-0.2, -0.15) is 0 Å². The molecule has 0 bridgehead atoms. The molecule has 0 amide bonds. The number of ether oxygens (including phenoxy) is 1. The van der Waals surface area contributed by atoms with Crippen LogP contribution in [0.2, 0.25) is 0 Å². The Bertz CT molecular complexity index is 634. The molecule has 2 rings (SSSR count). The molecule has 1 saturated carbocycles. The quantitative estimate of drug-likeness (QED) is 0.171. The Kier molecular flexibility index (Phi) is 11.4. The fraction of sp³-hybridized carbons (Fsp3) is 0.739. The number of carbonyl (C=O) groups excluding carboxylic acids is 1. The van der Waals surface area contributed by atoms with Gasteiger partial charge in [0.15, 0.2) is 0 Å². The Morgan fingerprint density at radius 1 is 1.23 bits per heavy atom. The maximum Gasteiger partial charge on any atom is 0.305 e. The zero-order valence-electron chi connectivity index (χ0n) is 18.0. The number of esters is 1. The molecule has 7 heteroatoms. The van der Waals surface area contributed by atoms with E-state index in [1.807, 2.05) is 0 Å². The molecule has 6 nitrogen and oxygen atoms in total. The van der Waals surface area contributed by atoms with Gasteiger partial charge in [0, 0.05) is 23.6 Å². The minimum atomic E-state index is -0.480. The largest absolute Gasteiger partial charge is 0.469 e. The van der Waals surface area contributed by atoms with Crippen LogP contribution >= 0.6 is 11.3 Å². The van der Waals surface area contributed by atoms with Crippen molar-refractivity contribution in [2.45, 2.75) is 89.3 Å². The SMILES string of the molecule is COC(=O)CCCCCCC1C(O)C/C(=N\O)C1CCC(O)CCCc1cccs1. The van der Waals surface area contributed by atoms with Crippen LogP contribution in [0.25, 0.3) is 0 Å².